The molecule has 0 saturated carbocycles. The van der Waals surface area contributed by atoms with Crippen LogP contribution in [0.5, 0.6) is 0 Å². The zero-order chi connectivity index (χ0) is 16.2. The molecule has 0 amide bonds. The van der Waals surface area contributed by atoms with Gasteiger partial charge in [0.05, 0.1) is 5.02 Å². The molecule has 1 aromatic carbocycles. The quantitative estimate of drug-likeness (QED) is 0.818. The highest BCUT2D eigenvalue weighted by atomic mass is 35.5. The lowest BCUT2D eigenvalue weighted by Crippen LogP contribution is -2.31. The summed E-state index contributed by atoms with van der Waals surface area (Å²) in [6.07, 6.45) is 0.916. The highest BCUT2D eigenvalue weighted by Crippen LogP contribution is 2.32. The number of hydrogen-bond donors (Lipinski definition) is 1. The van der Waals surface area contributed by atoms with Crippen LogP contribution in [0.25, 0.3) is 0 Å². The van der Waals surface area contributed by atoms with Crippen molar-refractivity contribution in [3.8, 4) is 0 Å². The van der Waals surface area contributed by atoms with E-state index in [1.165, 1.54) is 10.4 Å². The van der Waals surface area contributed by atoms with Crippen LogP contribution < -0.4 is 5.32 Å². The third-order valence-corrected chi connectivity index (χ3v) is 6.22. The molecule has 0 radical (unpaired) electrons. The average molecular weight is 353 g/mol. The fraction of sp³-hybridized carbons (Fsp3) is 0.571. The molecule has 1 unspecified atom stereocenters. The Morgan fingerprint density at radius 3 is 2.48 bits per heavy atom. The minimum atomic E-state index is -3.62. The number of halogens is 2. The maximum absolute atomic E-state index is 12.7. The summed E-state index contributed by atoms with van der Waals surface area (Å²) in [5, 5.41) is 3.58. The lowest BCUT2D eigenvalue weighted by molar-refractivity contribution is 0.393. The molecule has 0 saturated heterocycles. The van der Waals surface area contributed by atoms with Crippen LogP contribution in [0.1, 0.15) is 25.8 Å². The normalized spacial score (nSPS) is 13.7. The van der Waals surface area contributed by atoms with Gasteiger partial charge in [0.1, 0.15) is 4.90 Å². The van der Waals surface area contributed by atoms with E-state index in [9.17, 15) is 8.42 Å². The smallest absolute Gasteiger partial charge is 0.244 e. The van der Waals surface area contributed by atoms with Crippen molar-refractivity contribution < 1.29 is 8.42 Å². The van der Waals surface area contributed by atoms with Gasteiger partial charge in [-0.2, -0.15) is 0 Å². The highest BCUT2D eigenvalue weighted by molar-refractivity contribution is 7.89. The van der Waals surface area contributed by atoms with E-state index in [1.54, 1.807) is 20.2 Å². The third-order valence-electron chi connectivity index (χ3n) is 3.46. The average Bonchev–Trinajstić information content (AvgIpc) is 2.42. The molecule has 0 aromatic heterocycles. The van der Waals surface area contributed by atoms with Crippen molar-refractivity contribution in [3.05, 3.63) is 27.7 Å². The fourth-order valence-corrected chi connectivity index (χ4v) is 4.12. The van der Waals surface area contributed by atoms with Gasteiger partial charge in [0.2, 0.25) is 10.0 Å². The Labute approximate surface area is 137 Å². The summed E-state index contributed by atoms with van der Waals surface area (Å²) >= 11 is 12.3. The molecule has 0 aliphatic carbocycles. The molecule has 0 heterocycles. The second-order valence-electron chi connectivity index (χ2n) is 5.17. The molecule has 1 atom stereocenters. The van der Waals surface area contributed by atoms with Crippen LogP contribution in [0.2, 0.25) is 10.0 Å². The molecule has 0 bridgehead atoms. The molecule has 0 fully saturated rings. The van der Waals surface area contributed by atoms with Gasteiger partial charge in [0, 0.05) is 30.7 Å². The Morgan fingerprint density at radius 2 is 1.95 bits per heavy atom. The Bertz CT molecular complexity index is 591. The summed E-state index contributed by atoms with van der Waals surface area (Å²) in [6, 6.07) is 3.04. The molecule has 4 nitrogen and oxygen atoms in total. The second kappa shape index (κ2) is 7.79. The fourth-order valence-electron chi connectivity index (χ4n) is 1.95. The Hall–Kier alpha value is -0.330. The maximum Gasteiger partial charge on any atom is 0.244 e. The summed E-state index contributed by atoms with van der Waals surface area (Å²) in [4.78, 5) is 0.101. The third kappa shape index (κ3) is 4.33. The molecule has 0 aliphatic rings. The van der Waals surface area contributed by atoms with Gasteiger partial charge in [0.15, 0.2) is 0 Å². The molecule has 7 heteroatoms. The minimum absolute atomic E-state index is 0.101. The second-order valence-corrected chi connectivity index (χ2v) is 7.97. The maximum atomic E-state index is 12.7. The van der Waals surface area contributed by atoms with Gasteiger partial charge >= 0.3 is 0 Å². The van der Waals surface area contributed by atoms with E-state index >= 15 is 0 Å². The molecular weight excluding hydrogens is 331 g/mol. The predicted octanol–water partition coefficient (Wildman–Crippen LogP) is 3.38. The van der Waals surface area contributed by atoms with E-state index in [0.29, 0.717) is 23.7 Å². The number of rotatable bonds is 7. The van der Waals surface area contributed by atoms with Gasteiger partial charge in [-0.25, -0.2) is 12.7 Å². The van der Waals surface area contributed by atoms with Crippen molar-refractivity contribution in [3.63, 3.8) is 0 Å². The van der Waals surface area contributed by atoms with E-state index in [1.807, 2.05) is 13.8 Å². The summed E-state index contributed by atoms with van der Waals surface area (Å²) in [6.45, 7) is 4.92. The largest absolute Gasteiger partial charge is 0.316 e. The minimum Gasteiger partial charge on any atom is -0.316 e. The summed E-state index contributed by atoms with van der Waals surface area (Å²) in [5.74, 6) is 0.285. The van der Waals surface area contributed by atoms with Crippen LogP contribution in [-0.4, -0.2) is 33.4 Å². The predicted molar refractivity (Wildman–Crippen MR) is 88.5 cm³/mol. The summed E-state index contributed by atoms with van der Waals surface area (Å²) < 4.78 is 26.6. The first-order valence-electron chi connectivity index (χ1n) is 6.83. The zero-order valence-electron chi connectivity index (χ0n) is 12.8. The van der Waals surface area contributed by atoms with Crippen molar-refractivity contribution in [2.45, 2.75) is 31.7 Å². The topological polar surface area (TPSA) is 49.4 Å². The summed E-state index contributed by atoms with van der Waals surface area (Å²) in [7, 11) is -0.291. The Morgan fingerprint density at radius 1 is 1.33 bits per heavy atom. The van der Waals surface area contributed by atoms with Crippen molar-refractivity contribution in [2.24, 2.45) is 5.92 Å². The van der Waals surface area contributed by atoms with E-state index < -0.39 is 10.0 Å². The number of sulfonamides is 1. The van der Waals surface area contributed by atoms with Crippen LogP contribution in [0.4, 0.5) is 0 Å². The van der Waals surface area contributed by atoms with Gasteiger partial charge < -0.3 is 5.32 Å². The Balaban J connectivity index is 3.23. The van der Waals surface area contributed by atoms with E-state index in [0.717, 1.165) is 6.42 Å². The van der Waals surface area contributed by atoms with Gasteiger partial charge in [-0.1, -0.05) is 43.5 Å². The molecule has 1 aromatic rings. The van der Waals surface area contributed by atoms with E-state index in [-0.39, 0.29) is 15.8 Å². The molecular formula is C14H22Cl2N2O2S. The monoisotopic (exact) mass is 352 g/mol. The van der Waals surface area contributed by atoms with Gasteiger partial charge in [-0.3, -0.25) is 0 Å². The van der Waals surface area contributed by atoms with E-state index in [2.05, 4.69) is 5.32 Å². The van der Waals surface area contributed by atoms with Crippen LogP contribution in [0.3, 0.4) is 0 Å². The Kier molecular flexibility index (Phi) is 6.94. The molecule has 1 N–H and O–H groups in total. The number of nitrogens with one attached hydrogen (secondary N) is 1. The zero-order valence-corrected chi connectivity index (χ0v) is 15.1. The lowest BCUT2D eigenvalue weighted by atomic mass is 10.1. The van der Waals surface area contributed by atoms with Crippen molar-refractivity contribution in [1.82, 2.24) is 9.62 Å². The highest BCUT2D eigenvalue weighted by Gasteiger charge is 2.26. The first-order chi connectivity index (χ1) is 9.75. The molecule has 120 valence electrons. The molecule has 0 spiro atoms. The lowest BCUT2D eigenvalue weighted by Gasteiger charge is -2.22. The number of nitrogens with zero attached hydrogens (tertiary/aromatic N) is 1. The van der Waals surface area contributed by atoms with Crippen molar-refractivity contribution in [1.29, 1.82) is 0 Å². The van der Waals surface area contributed by atoms with Gasteiger partial charge in [-0.15, -0.1) is 0 Å². The first kappa shape index (κ1) is 18.7. The van der Waals surface area contributed by atoms with Crippen LogP contribution in [0, 0.1) is 5.92 Å². The van der Waals surface area contributed by atoms with Crippen LogP contribution >= 0.6 is 23.2 Å². The van der Waals surface area contributed by atoms with E-state index in [4.69, 9.17) is 23.2 Å². The standard InChI is InChI=1S/C14H22Cl2N2O2S/c1-5-10(2)9-18(4)21(19,20)13-7-6-12(15)11(8-17-3)14(13)16/h6-7,10,17H,5,8-9H2,1-4H3. The van der Waals surface area contributed by atoms with Gasteiger partial charge in [-0.05, 0) is 25.1 Å². The molecule has 0 aliphatic heterocycles. The SMILES string of the molecule is CCC(C)CN(C)S(=O)(=O)c1ccc(Cl)c(CNC)c1Cl. The molecule has 1 rings (SSSR count). The number of benzene rings is 1. The molecule has 21 heavy (non-hydrogen) atoms. The van der Waals surface area contributed by atoms with Crippen molar-refractivity contribution >= 4 is 33.2 Å². The van der Waals surface area contributed by atoms with Crippen LogP contribution in [-0.2, 0) is 16.6 Å². The van der Waals surface area contributed by atoms with Gasteiger partial charge in [0.25, 0.3) is 0 Å². The summed E-state index contributed by atoms with van der Waals surface area (Å²) in [5.41, 5.74) is 0.596. The van der Waals surface area contributed by atoms with Crippen molar-refractivity contribution in [2.75, 3.05) is 20.6 Å². The first-order valence-corrected chi connectivity index (χ1v) is 9.03. The number of hydrogen-bond acceptors (Lipinski definition) is 3. The van der Waals surface area contributed by atoms with Crippen LogP contribution in [0.15, 0.2) is 17.0 Å².